The minimum Gasteiger partial charge on any atom is -0.379 e. The predicted molar refractivity (Wildman–Crippen MR) is 119 cm³/mol. The molecule has 0 N–H and O–H groups in total. The van der Waals surface area contributed by atoms with Crippen molar-refractivity contribution >= 4 is 0 Å². The molecule has 1 nitrogen and oxygen atoms in total. The molecule has 0 aromatic carbocycles. The fourth-order valence-electron chi connectivity index (χ4n) is 3.70. The van der Waals surface area contributed by atoms with Crippen molar-refractivity contribution in [2.75, 3.05) is 6.61 Å². The van der Waals surface area contributed by atoms with E-state index < -0.39 is 0 Å². The van der Waals surface area contributed by atoms with Crippen LogP contribution < -0.4 is 0 Å². The third-order valence-electron chi connectivity index (χ3n) is 5.61. The van der Waals surface area contributed by atoms with Crippen molar-refractivity contribution in [3.05, 3.63) is 0 Å². The zero-order valence-corrected chi connectivity index (χ0v) is 18.8. The first-order valence-corrected chi connectivity index (χ1v) is 12.4. The maximum atomic E-state index is 5.94. The predicted octanol–water partition coefficient (Wildman–Crippen LogP) is 9.23. The summed E-state index contributed by atoms with van der Waals surface area (Å²) in [6.07, 6.45) is 28.6. The van der Waals surface area contributed by atoms with Gasteiger partial charge in [0.05, 0.1) is 6.10 Å². The Morgan fingerprint density at radius 1 is 0.462 bits per heavy atom. The highest BCUT2D eigenvalue weighted by atomic mass is 16.5. The number of hydrogen-bond acceptors (Lipinski definition) is 1. The Hall–Kier alpha value is -0.0400. The molecule has 0 aliphatic heterocycles. The molecule has 1 atom stereocenters. The van der Waals surface area contributed by atoms with Gasteiger partial charge >= 0.3 is 0 Å². The number of rotatable bonds is 22. The monoisotopic (exact) mass is 368 g/mol. The summed E-state index contributed by atoms with van der Waals surface area (Å²) in [6, 6.07) is 0. The molecule has 0 aliphatic carbocycles. The van der Waals surface area contributed by atoms with E-state index in [1.165, 1.54) is 128 Å². The van der Waals surface area contributed by atoms with Gasteiger partial charge in [0.2, 0.25) is 0 Å². The van der Waals surface area contributed by atoms with Gasteiger partial charge in [-0.2, -0.15) is 0 Å². The van der Waals surface area contributed by atoms with E-state index in [1.54, 1.807) is 0 Å². The molecule has 0 spiro atoms. The lowest BCUT2D eigenvalue weighted by Gasteiger charge is -2.12. The first-order chi connectivity index (χ1) is 12.8. The third kappa shape index (κ3) is 22.0. The van der Waals surface area contributed by atoms with Crippen LogP contribution in [0, 0.1) is 0 Å². The second-order valence-corrected chi connectivity index (χ2v) is 8.48. The van der Waals surface area contributed by atoms with Crippen molar-refractivity contribution in [2.45, 2.75) is 155 Å². The standard InChI is InChI=1S/C25H52O/c1-4-6-8-10-11-12-13-14-15-16-17-18-19-21-23-25(3)26-24-22-20-9-7-5-2/h25H,4-24H2,1-3H3. The minimum absolute atomic E-state index is 0.471. The Morgan fingerprint density at radius 3 is 1.23 bits per heavy atom. The van der Waals surface area contributed by atoms with Crippen molar-refractivity contribution in [1.29, 1.82) is 0 Å². The molecule has 0 heterocycles. The Labute approximate surface area is 167 Å². The third-order valence-corrected chi connectivity index (χ3v) is 5.61. The summed E-state index contributed by atoms with van der Waals surface area (Å²) < 4.78 is 5.94. The minimum atomic E-state index is 0.471. The topological polar surface area (TPSA) is 9.23 Å². The van der Waals surface area contributed by atoms with Gasteiger partial charge in [-0.15, -0.1) is 0 Å². The van der Waals surface area contributed by atoms with Gasteiger partial charge in [0.25, 0.3) is 0 Å². The van der Waals surface area contributed by atoms with Crippen LogP contribution in [0.5, 0.6) is 0 Å². The van der Waals surface area contributed by atoms with Gasteiger partial charge in [0.15, 0.2) is 0 Å². The summed E-state index contributed by atoms with van der Waals surface area (Å²) >= 11 is 0. The van der Waals surface area contributed by atoms with Crippen molar-refractivity contribution in [1.82, 2.24) is 0 Å². The molecule has 0 fully saturated rings. The van der Waals surface area contributed by atoms with Crippen molar-refractivity contribution in [2.24, 2.45) is 0 Å². The van der Waals surface area contributed by atoms with E-state index in [0.717, 1.165) is 6.61 Å². The highest BCUT2D eigenvalue weighted by molar-refractivity contribution is 4.54. The zero-order chi connectivity index (χ0) is 19.1. The van der Waals surface area contributed by atoms with Crippen LogP contribution in [0.2, 0.25) is 0 Å². The van der Waals surface area contributed by atoms with E-state index in [0.29, 0.717) is 6.10 Å². The molecule has 0 aromatic rings. The fourth-order valence-corrected chi connectivity index (χ4v) is 3.70. The first kappa shape index (κ1) is 26.0. The molecule has 1 heteroatoms. The average Bonchev–Trinajstić information content (AvgIpc) is 2.65. The van der Waals surface area contributed by atoms with Crippen LogP contribution in [0.25, 0.3) is 0 Å². The molecule has 1 unspecified atom stereocenters. The Kier molecular flexibility index (Phi) is 23.0. The highest BCUT2D eigenvalue weighted by Gasteiger charge is 2.02. The van der Waals surface area contributed by atoms with E-state index in [2.05, 4.69) is 20.8 Å². The molecule has 0 saturated carbocycles. The molecule has 26 heavy (non-hydrogen) atoms. The summed E-state index contributed by atoms with van der Waals surface area (Å²) in [5.41, 5.74) is 0. The van der Waals surface area contributed by atoms with Crippen LogP contribution in [-0.2, 0) is 4.74 Å². The summed E-state index contributed by atoms with van der Waals surface area (Å²) in [7, 11) is 0. The molecule has 0 rings (SSSR count). The van der Waals surface area contributed by atoms with Gasteiger partial charge in [-0.1, -0.05) is 129 Å². The van der Waals surface area contributed by atoms with Crippen LogP contribution in [0.15, 0.2) is 0 Å². The molecule has 158 valence electrons. The molecule has 0 amide bonds. The molecular weight excluding hydrogens is 316 g/mol. The normalized spacial score (nSPS) is 12.6. The smallest absolute Gasteiger partial charge is 0.0547 e. The quantitative estimate of drug-likeness (QED) is 0.173. The van der Waals surface area contributed by atoms with Gasteiger partial charge in [0.1, 0.15) is 0 Å². The first-order valence-electron chi connectivity index (χ1n) is 12.4. The van der Waals surface area contributed by atoms with E-state index in [-0.39, 0.29) is 0 Å². The van der Waals surface area contributed by atoms with Crippen molar-refractivity contribution in [3.8, 4) is 0 Å². The molecule has 0 aliphatic rings. The lowest BCUT2D eigenvalue weighted by atomic mass is 10.0. The van der Waals surface area contributed by atoms with Gasteiger partial charge in [-0.3, -0.25) is 0 Å². The van der Waals surface area contributed by atoms with Gasteiger partial charge < -0.3 is 4.74 Å². The zero-order valence-electron chi connectivity index (χ0n) is 18.8. The van der Waals surface area contributed by atoms with E-state index in [1.807, 2.05) is 0 Å². The van der Waals surface area contributed by atoms with Crippen LogP contribution >= 0.6 is 0 Å². The second-order valence-electron chi connectivity index (χ2n) is 8.48. The maximum Gasteiger partial charge on any atom is 0.0547 e. The molecular formula is C25H52O. The average molecular weight is 369 g/mol. The number of hydrogen-bond donors (Lipinski definition) is 0. The maximum absolute atomic E-state index is 5.94. The molecule has 0 radical (unpaired) electrons. The summed E-state index contributed by atoms with van der Waals surface area (Å²) in [5, 5.41) is 0. The Bertz CT molecular complexity index is 238. The van der Waals surface area contributed by atoms with Crippen LogP contribution in [0.3, 0.4) is 0 Å². The van der Waals surface area contributed by atoms with Gasteiger partial charge in [-0.25, -0.2) is 0 Å². The molecule has 0 saturated heterocycles. The SMILES string of the molecule is CCCCCCCCCCCCCCCCC(C)OCCCCCCC. The fraction of sp³-hybridized carbons (Fsp3) is 1.00. The summed E-state index contributed by atoms with van der Waals surface area (Å²) in [5.74, 6) is 0. The van der Waals surface area contributed by atoms with Crippen molar-refractivity contribution < 1.29 is 4.74 Å². The van der Waals surface area contributed by atoms with E-state index in [9.17, 15) is 0 Å². The van der Waals surface area contributed by atoms with Crippen LogP contribution in [0.4, 0.5) is 0 Å². The van der Waals surface area contributed by atoms with E-state index in [4.69, 9.17) is 4.74 Å². The summed E-state index contributed by atoms with van der Waals surface area (Å²) in [4.78, 5) is 0. The van der Waals surface area contributed by atoms with Crippen LogP contribution in [-0.4, -0.2) is 12.7 Å². The Balaban J connectivity index is 3.09. The van der Waals surface area contributed by atoms with Gasteiger partial charge in [0, 0.05) is 6.61 Å². The second kappa shape index (κ2) is 23.0. The number of unbranched alkanes of at least 4 members (excludes halogenated alkanes) is 17. The molecule has 0 bridgehead atoms. The largest absolute Gasteiger partial charge is 0.379 e. The van der Waals surface area contributed by atoms with Crippen molar-refractivity contribution in [3.63, 3.8) is 0 Å². The lowest BCUT2D eigenvalue weighted by molar-refractivity contribution is 0.0557. The highest BCUT2D eigenvalue weighted by Crippen LogP contribution is 2.14. The number of ether oxygens (including phenoxy) is 1. The molecule has 0 aromatic heterocycles. The van der Waals surface area contributed by atoms with Gasteiger partial charge in [-0.05, 0) is 19.8 Å². The summed E-state index contributed by atoms with van der Waals surface area (Å²) in [6.45, 7) is 7.80. The Morgan fingerprint density at radius 2 is 0.808 bits per heavy atom. The van der Waals surface area contributed by atoms with E-state index >= 15 is 0 Å². The van der Waals surface area contributed by atoms with Crippen LogP contribution in [0.1, 0.15) is 149 Å². The lowest BCUT2D eigenvalue weighted by Crippen LogP contribution is -2.09.